The molecule has 0 aliphatic carbocycles. The van der Waals surface area contributed by atoms with Gasteiger partial charge < -0.3 is 15.8 Å². The topological polar surface area (TPSA) is 145 Å². The van der Waals surface area contributed by atoms with E-state index in [1.165, 1.54) is 52.3 Å². The van der Waals surface area contributed by atoms with Gasteiger partial charge in [0.15, 0.2) is 5.70 Å². The van der Waals surface area contributed by atoms with Gasteiger partial charge in [0.2, 0.25) is 5.91 Å². The number of nitrogens with two attached hydrogens (primary N) is 1. The zero-order valence-electron chi connectivity index (χ0n) is 16.6. The SMILES string of the molecule is NC1=C(C(=O)OCc2ccc([N+](=O)[O-])cc2)N2C(=O)[C@@H](NC(=O)Cc3cccs3)[C@H]2SC1. The van der Waals surface area contributed by atoms with Gasteiger partial charge >= 0.3 is 5.97 Å². The molecule has 2 aromatic rings. The number of nitro groups is 1. The molecule has 0 unspecified atom stereocenters. The number of nitrogens with one attached hydrogen (secondary N) is 1. The number of esters is 1. The van der Waals surface area contributed by atoms with Crippen molar-refractivity contribution in [2.24, 2.45) is 5.73 Å². The van der Waals surface area contributed by atoms with Crippen LogP contribution in [0, 0.1) is 10.1 Å². The van der Waals surface area contributed by atoms with Gasteiger partial charge in [-0.15, -0.1) is 23.1 Å². The molecule has 4 rings (SSSR count). The molecular formula is C20H18N4O6S2. The van der Waals surface area contributed by atoms with Crippen molar-refractivity contribution in [3.05, 3.63) is 73.7 Å². The highest BCUT2D eigenvalue weighted by Gasteiger charge is 2.54. The summed E-state index contributed by atoms with van der Waals surface area (Å²) >= 11 is 2.82. The van der Waals surface area contributed by atoms with Crippen LogP contribution in [0.5, 0.6) is 0 Å². The molecule has 1 saturated heterocycles. The first kappa shape index (κ1) is 21.8. The van der Waals surface area contributed by atoms with Gasteiger partial charge in [-0.2, -0.15) is 0 Å². The van der Waals surface area contributed by atoms with E-state index >= 15 is 0 Å². The third-order valence-electron chi connectivity index (χ3n) is 4.94. The summed E-state index contributed by atoms with van der Waals surface area (Å²) in [4.78, 5) is 50.0. The zero-order chi connectivity index (χ0) is 22.8. The second-order valence-electron chi connectivity index (χ2n) is 7.08. The van der Waals surface area contributed by atoms with E-state index in [4.69, 9.17) is 10.5 Å². The number of amides is 2. The maximum absolute atomic E-state index is 12.7. The fraction of sp³-hybridized carbons (Fsp3) is 0.250. The molecule has 0 bridgehead atoms. The van der Waals surface area contributed by atoms with Gasteiger partial charge in [0.1, 0.15) is 18.0 Å². The number of fused-ring (bicyclic) bond motifs is 1. The highest BCUT2D eigenvalue weighted by atomic mass is 32.2. The fourth-order valence-electron chi connectivity index (χ4n) is 3.36. The highest BCUT2D eigenvalue weighted by molar-refractivity contribution is 8.00. The Morgan fingerprint density at radius 1 is 1.28 bits per heavy atom. The Kier molecular flexibility index (Phi) is 6.15. The van der Waals surface area contributed by atoms with E-state index in [2.05, 4.69) is 5.32 Å². The van der Waals surface area contributed by atoms with Crippen molar-refractivity contribution in [1.82, 2.24) is 10.2 Å². The van der Waals surface area contributed by atoms with Crippen molar-refractivity contribution < 1.29 is 24.0 Å². The molecule has 0 saturated carbocycles. The fourth-order valence-corrected chi connectivity index (χ4v) is 5.29. The monoisotopic (exact) mass is 474 g/mol. The average molecular weight is 475 g/mol. The minimum Gasteiger partial charge on any atom is -0.456 e. The summed E-state index contributed by atoms with van der Waals surface area (Å²) in [5.41, 5.74) is 6.67. The van der Waals surface area contributed by atoms with Gasteiger partial charge in [-0.25, -0.2) is 4.79 Å². The number of ether oxygens (including phenoxy) is 1. The Bertz CT molecular complexity index is 1100. The van der Waals surface area contributed by atoms with Gasteiger partial charge in [-0.1, -0.05) is 6.07 Å². The molecule has 0 radical (unpaired) electrons. The van der Waals surface area contributed by atoms with Crippen LogP contribution in [-0.4, -0.2) is 44.8 Å². The minimum atomic E-state index is -0.761. The molecule has 1 aromatic carbocycles. The number of nitrogens with zero attached hydrogens (tertiary/aromatic N) is 2. The highest BCUT2D eigenvalue weighted by Crippen LogP contribution is 2.39. The van der Waals surface area contributed by atoms with Crippen LogP contribution >= 0.6 is 23.1 Å². The van der Waals surface area contributed by atoms with Gasteiger partial charge in [0.05, 0.1) is 17.0 Å². The number of rotatable bonds is 7. The standard InChI is InChI=1S/C20H18N4O6S2/c21-14-10-32-19-16(22-15(25)8-13-2-1-7-31-13)18(26)23(19)17(14)20(27)30-9-11-3-5-12(6-4-11)24(28)29/h1-7,16,19H,8-10,21H2,(H,22,25)/t16-,19-/m1/s1. The number of benzene rings is 1. The molecule has 166 valence electrons. The molecule has 3 N–H and O–H groups in total. The van der Waals surface area contributed by atoms with E-state index in [-0.39, 0.29) is 36.0 Å². The predicted octanol–water partition coefficient (Wildman–Crippen LogP) is 1.51. The number of β-lactam (4-membered cyclic amide) rings is 1. The number of carbonyl (C=O) groups is 3. The van der Waals surface area contributed by atoms with Crippen molar-refractivity contribution in [2.75, 3.05) is 5.75 Å². The molecule has 2 aliphatic heterocycles. The van der Waals surface area contributed by atoms with E-state index in [1.807, 2.05) is 17.5 Å². The van der Waals surface area contributed by atoms with E-state index < -0.39 is 28.2 Å². The molecule has 1 fully saturated rings. The van der Waals surface area contributed by atoms with Gasteiger partial charge in [-0.05, 0) is 29.1 Å². The van der Waals surface area contributed by atoms with Crippen molar-refractivity contribution in [3.63, 3.8) is 0 Å². The number of thiophene rings is 1. The molecule has 2 aliphatic rings. The number of carbonyl (C=O) groups excluding carboxylic acids is 3. The largest absolute Gasteiger partial charge is 0.456 e. The van der Waals surface area contributed by atoms with E-state index in [0.717, 1.165) is 4.88 Å². The molecule has 0 spiro atoms. The van der Waals surface area contributed by atoms with Crippen LogP contribution in [0.15, 0.2) is 53.2 Å². The van der Waals surface area contributed by atoms with Crippen LogP contribution in [0.25, 0.3) is 0 Å². The van der Waals surface area contributed by atoms with Crippen molar-refractivity contribution in [1.29, 1.82) is 0 Å². The molecule has 2 amide bonds. The van der Waals surface area contributed by atoms with Crippen LogP contribution in [0.2, 0.25) is 0 Å². The summed E-state index contributed by atoms with van der Waals surface area (Å²) in [6, 6.07) is 8.55. The maximum Gasteiger partial charge on any atom is 0.357 e. The van der Waals surface area contributed by atoms with Crippen LogP contribution in [0.4, 0.5) is 5.69 Å². The van der Waals surface area contributed by atoms with Crippen LogP contribution in [0.1, 0.15) is 10.4 Å². The zero-order valence-corrected chi connectivity index (χ0v) is 18.2. The van der Waals surface area contributed by atoms with Crippen molar-refractivity contribution in [3.8, 4) is 0 Å². The number of non-ortho nitro benzene ring substituents is 1. The van der Waals surface area contributed by atoms with E-state index in [9.17, 15) is 24.5 Å². The third kappa shape index (κ3) is 4.32. The number of hydrogen-bond donors (Lipinski definition) is 2. The first-order valence-corrected chi connectivity index (χ1v) is 11.4. The summed E-state index contributed by atoms with van der Waals surface area (Å²) in [6.07, 6.45) is 0.181. The summed E-state index contributed by atoms with van der Waals surface area (Å²) in [7, 11) is 0. The molecule has 2 atom stereocenters. The average Bonchev–Trinajstić information content (AvgIpc) is 3.28. The lowest BCUT2D eigenvalue weighted by atomic mass is 10.0. The number of hydrogen-bond acceptors (Lipinski definition) is 9. The first-order chi connectivity index (χ1) is 15.3. The lowest BCUT2D eigenvalue weighted by Crippen LogP contribution is -2.71. The van der Waals surface area contributed by atoms with Gasteiger partial charge in [-0.3, -0.25) is 24.6 Å². The Labute approximate surface area is 190 Å². The molecule has 12 heteroatoms. The smallest absolute Gasteiger partial charge is 0.357 e. The molecular weight excluding hydrogens is 456 g/mol. The second kappa shape index (κ2) is 9.01. The van der Waals surface area contributed by atoms with Crippen LogP contribution < -0.4 is 11.1 Å². The normalized spacial score (nSPS) is 19.8. The summed E-state index contributed by atoms with van der Waals surface area (Å²) < 4.78 is 5.29. The number of thioether (sulfide) groups is 1. The molecule has 32 heavy (non-hydrogen) atoms. The van der Waals surface area contributed by atoms with Crippen LogP contribution in [0.3, 0.4) is 0 Å². The quantitative estimate of drug-likeness (QED) is 0.266. The Balaban J connectivity index is 1.38. The molecule has 1 aromatic heterocycles. The maximum atomic E-state index is 12.7. The van der Waals surface area contributed by atoms with Crippen molar-refractivity contribution >= 4 is 46.6 Å². The predicted molar refractivity (Wildman–Crippen MR) is 117 cm³/mol. The Morgan fingerprint density at radius 3 is 2.69 bits per heavy atom. The van der Waals surface area contributed by atoms with Crippen molar-refractivity contribution in [2.45, 2.75) is 24.4 Å². The Morgan fingerprint density at radius 2 is 2.03 bits per heavy atom. The van der Waals surface area contributed by atoms with Gasteiger partial charge in [0.25, 0.3) is 11.6 Å². The number of nitro benzene ring substituents is 1. The third-order valence-corrected chi connectivity index (χ3v) is 7.12. The molecule has 10 nitrogen and oxygen atoms in total. The summed E-state index contributed by atoms with van der Waals surface area (Å²) in [5, 5.41) is 14.9. The van der Waals surface area contributed by atoms with Crippen LogP contribution in [-0.2, 0) is 32.1 Å². The van der Waals surface area contributed by atoms with E-state index in [0.29, 0.717) is 11.3 Å². The second-order valence-corrected chi connectivity index (χ2v) is 9.22. The molecule has 3 heterocycles. The summed E-state index contributed by atoms with van der Waals surface area (Å²) in [6.45, 7) is -0.131. The lowest BCUT2D eigenvalue weighted by molar-refractivity contribution is -0.384. The first-order valence-electron chi connectivity index (χ1n) is 9.50. The van der Waals surface area contributed by atoms with Gasteiger partial charge in [0, 0.05) is 22.8 Å². The Hall–Kier alpha value is -3.38. The van der Waals surface area contributed by atoms with E-state index in [1.54, 1.807) is 0 Å². The lowest BCUT2D eigenvalue weighted by Gasteiger charge is -2.49. The summed E-state index contributed by atoms with van der Waals surface area (Å²) in [5.74, 6) is -1.14. The minimum absolute atomic E-state index is 0.0237.